The smallest absolute Gasteiger partial charge is 0.0979 e. The van der Waals surface area contributed by atoms with Gasteiger partial charge in [0.15, 0.2) is 0 Å². The van der Waals surface area contributed by atoms with E-state index in [1.807, 2.05) is 12.2 Å². The maximum atomic E-state index is 6.11. The molecule has 0 aliphatic heterocycles. The molecule has 2 rings (SSSR count). The number of rotatable bonds is 10. The fraction of sp³-hybridized carbons (Fsp3) is 0.375. The Morgan fingerprint density at radius 3 is 2.64 bits per heavy atom. The van der Waals surface area contributed by atoms with E-state index in [0.29, 0.717) is 25.3 Å². The SMILES string of the molecule is C=C/C(=C\C(=C)CN)CN=C(N)C/C=C\c1c(C=C)c2c(n1CC)CCCC2. The van der Waals surface area contributed by atoms with E-state index in [2.05, 4.69) is 48.4 Å². The van der Waals surface area contributed by atoms with E-state index >= 15 is 0 Å². The number of amidine groups is 1. The van der Waals surface area contributed by atoms with Crippen LogP contribution in [-0.2, 0) is 19.4 Å². The topological polar surface area (TPSA) is 69.3 Å². The Bertz CT molecular complexity index is 818. The van der Waals surface area contributed by atoms with Gasteiger partial charge in [-0.3, -0.25) is 4.99 Å². The van der Waals surface area contributed by atoms with Crippen molar-refractivity contribution >= 4 is 18.0 Å². The largest absolute Gasteiger partial charge is 0.387 e. The highest BCUT2D eigenvalue weighted by atomic mass is 15.0. The minimum Gasteiger partial charge on any atom is -0.387 e. The molecular formula is C24H34N4. The summed E-state index contributed by atoms with van der Waals surface area (Å²) in [5, 5.41) is 0. The van der Waals surface area contributed by atoms with Gasteiger partial charge in [-0.2, -0.15) is 0 Å². The second kappa shape index (κ2) is 10.7. The Labute approximate surface area is 169 Å². The van der Waals surface area contributed by atoms with E-state index in [0.717, 1.165) is 30.5 Å². The quantitative estimate of drug-likeness (QED) is 0.359. The second-order valence-corrected chi connectivity index (χ2v) is 7.08. The summed E-state index contributed by atoms with van der Waals surface area (Å²) in [5.74, 6) is 0.599. The molecule has 4 heteroatoms. The van der Waals surface area contributed by atoms with Crippen molar-refractivity contribution in [2.24, 2.45) is 16.5 Å². The highest BCUT2D eigenvalue weighted by Crippen LogP contribution is 2.31. The lowest BCUT2D eigenvalue weighted by Crippen LogP contribution is -2.11. The maximum Gasteiger partial charge on any atom is 0.0979 e. The molecule has 1 aliphatic carbocycles. The number of hydrogen-bond donors (Lipinski definition) is 2. The molecule has 1 aliphatic rings. The van der Waals surface area contributed by atoms with Gasteiger partial charge in [-0.1, -0.05) is 44.0 Å². The first kappa shape index (κ1) is 21.7. The van der Waals surface area contributed by atoms with Crippen molar-refractivity contribution in [3.8, 4) is 0 Å². The first-order valence-corrected chi connectivity index (χ1v) is 10.1. The van der Waals surface area contributed by atoms with Crippen LogP contribution in [-0.4, -0.2) is 23.5 Å². The average Bonchev–Trinajstić information content (AvgIpc) is 3.03. The molecule has 1 aromatic rings. The van der Waals surface area contributed by atoms with Crippen molar-refractivity contribution in [3.63, 3.8) is 0 Å². The Morgan fingerprint density at radius 1 is 1.25 bits per heavy atom. The lowest BCUT2D eigenvalue weighted by molar-refractivity contribution is 0.620. The summed E-state index contributed by atoms with van der Waals surface area (Å²) in [6, 6.07) is 0. The Hall–Kier alpha value is -2.59. The molecule has 4 N–H and O–H groups in total. The first-order valence-electron chi connectivity index (χ1n) is 10.1. The van der Waals surface area contributed by atoms with E-state index in [4.69, 9.17) is 11.5 Å². The molecule has 0 spiro atoms. The lowest BCUT2D eigenvalue weighted by Gasteiger charge is -2.15. The number of nitrogens with zero attached hydrogens (tertiary/aromatic N) is 2. The van der Waals surface area contributed by atoms with Gasteiger partial charge in [-0.15, -0.1) is 0 Å². The van der Waals surface area contributed by atoms with Crippen LogP contribution in [0.3, 0.4) is 0 Å². The van der Waals surface area contributed by atoms with Crippen molar-refractivity contribution in [3.05, 3.63) is 71.6 Å². The summed E-state index contributed by atoms with van der Waals surface area (Å²) in [7, 11) is 0. The number of aliphatic imine (C=N–C) groups is 1. The van der Waals surface area contributed by atoms with Crippen LogP contribution < -0.4 is 11.5 Å². The van der Waals surface area contributed by atoms with Crippen LogP contribution in [0.4, 0.5) is 0 Å². The van der Waals surface area contributed by atoms with Gasteiger partial charge >= 0.3 is 0 Å². The number of fused-ring (bicyclic) bond motifs is 1. The van der Waals surface area contributed by atoms with E-state index < -0.39 is 0 Å². The van der Waals surface area contributed by atoms with Crippen LogP contribution in [0.2, 0.25) is 0 Å². The van der Waals surface area contributed by atoms with Gasteiger partial charge < -0.3 is 16.0 Å². The summed E-state index contributed by atoms with van der Waals surface area (Å²) in [6.07, 6.45) is 15.4. The Morgan fingerprint density at radius 2 is 2.00 bits per heavy atom. The summed E-state index contributed by atoms with van der Waals surface area (Å²) in [4.78, 5) is 4.46. The predicted octanol–water partition coefficient (Wildman–Crippen LogP) is 4.42. The van der Waals surface area contributed by atoms with Gasteiger partial charge in [0.25, 0.3) is 0 Å². The van der Waals surface area contributed by atoms with Gasteiger partial charge in [-0.05, 0) is 55.4 Å². The second-order valence-electron chi connectivity index (χ2n) is 7.08. The number of aromatic nitrogens is 1. The molecule has 28 heavy (non-hydrogen) atoms. The lowest BCUT2D eigenvalue weighted by atomic mass is 9.94. The third-order valence-corrected chi connectivity index (χ3v) is 5.16. The molecule has 0 unspecified atom stereocenters. The summed E-state index contributed by atoms with van der Waals surface area (Å²) >= 11 is 0. The standard InChI is InChI=1S/C24H34N4/c1-5-19(15-18(4)16-25)17-27-24(26)14-10-13-22-20(6-2)21-11-8-9-12-23(21)28(22)7-3/h5-6,10,13,15H,1-2,4,7-9,11-12,14,16-17,25H2,3H3,(H2,26,27)/b13-10-,19-15+. The zero-order chi connectivity index (χ0) is 20.5. The zero-order valence-electron chi connectivity index (χ0n) is 17.2. The molecule has 4 nitrogen and oxygen atoms in total. The Balaban J connectivity index is 2.13. The van der Waals surface area contributed by atoms with E-state index in [1.54, 1.807) is 6.08 Å². The maximum absolute atomic E-state index is 6.11. The average molecular weight is 379 g/mol. The predicted molar refractivity (Wildman–Crippen MR) is 123 cm³/mol. The first-order chi connectivity index (χ1) is 13.5. The minimum absolute atomic E-state index is 0.423. The fourth-order valence-electron chi connectivity index (χ4n) is 3.73. The highest BCUT2D eigenvalue weighted by molar-refractivity contribution is 5.83. The van der Waals surface area contributed by atoms with Crippen molar-refractivity contribution in [2.45, 2.75) is 45.6 Å². The zero-order valence-corrected chi connectivity index (χ0v) is 17.2. The summed E-state index contributed by atoms with van der Waals surface area (Å²) in [5.41, 5.74) is 19.0. The molecule has 0 saturated carbocycles. The van der Waals surface area contributed by atoms with E-state index in [-0.39, 0.29) is 0 Å². The minimum atomic E-state index is 0.423. The van der Waals surface area contributed by atoms with Crippen molar-refractivity contribution in [1.29, 1.82) is 0 Å². The van der Waals surface area contributed by atoms with E-state index in [1.165, 1.54) is 35.4 Å². The molecule has 0 atom stereocenters. The van der Waals surface area contributed by atoms with Crippen molar-refractivity contribution < 1.29 is 0 Å². The van der Waals surface area contributed by atoms with Crippen molar-refractivity contribution in [2.75, 3.05) is 13.1 Å². The molecule has 0 fully saturated rings. The van der Waals surface area contributed by atoms with Crippen LogP contribution >= 0.6 is 0 Å². The third-order valence-electron chi connectivity index (χ3n) is 5.16. The molecule has 1 heterocycles. The van der Waals surface area contributed by atoms with Crippen LogP contribution in [0.1, 0.15) is 48.7 Å². The monoisotopic (exact) mass is 378 g/mol. The summed E-state index contributed by atoms with van der Waals surface area (Å²) < 4.78 is 2.42. The van der Waals surface area contributed by atoms with Gasteiger partial charge in [0.2, 0.25) is 0 Å². The highest BCUT2D eigenvalue weighted by Gasteiger charge is 2.20. The fourth-order valence-corrected chi connectivity index (χ4v) is 3.73. The molecular weight excluding hydrogens is 344 g/mol. The molecule has 0 saturated heterocycles. The van der Waals surface area contributed by atoms with Crippen LogP contribution in [0.15, 0.2) is 54.1 Å². The third kappa shape index (κ3) is 5.23. The summed E-state index contributed by atoms with van der Waals surface area (Å²) in [6.45, 7) is 15.8. The molecule has 1 aromatic heterocycles. The van der Waals surface area contributed by atoms with E-state index in [9.17, 15) is 0 Å². The van der Waals surface area contributed by atoms with Crippen LogP contribution in [0.25, 0.3) is 12.2 Å². The van der Waals surface area contributed by atoms with Crippen molar-refractivity contribution in [1.82, 2.24) is 4.57 Å². The molecule has 0 aromatic carbocycles. The number of nitrogens with two attached hydrogens (primary N) is 2. The van der Waals surface area contributed by atoms with Gasteiger partial charge in [0.05, 0.1) is 12.4 Å². The normalized spacial score (nSPS) is 14.9. The molecule has 0 bridgehead atoms. The molecule has 0 radical (unpaired) electrons. The van der Waals surface area contributed by atoms with Gasteiger partial charge in [0.1, 0.15) is 0 Å². The van der Waals surface area contributed by atoms with Crippen LogP contribution in [0.5, 0.6) is 0 Å². The van der Waals surface area contributed by atoms with Crippen LogP contribution in [0, 0.1) is 0 Å². The molecule has 0 amide bonds. The number of hydrogen-bond acceptors (Lipinski definition) is 2. The van der Waals surface area contributed by atoms with Gasteiger partial charge in [0, 0.05) is 36.5 Å². The molecule has 150 valence electrons. The van der Waals surface area contributed by atoms with Gasteiger partial charge in [-0.25, -0.2) is 0 Å². The Kier molecular flexibility index (Phi) is 8.27.